The number of nitrogens with zero attached hydrogens (tertiary/aromatic N) is 3. The molecule has 1 heterocycles. The molecule has 1 aliphatic carbocycles. The molecule has 5 heteroatoms. The predicted molar refractivity (Wildman–Crippen MR) is 87.3 cm³/mol. The lowest BCUT2D eigenvalue weighted by molar-refractivity contribution is 0.504. The van der Waals surface area contributed by atoms with Crippen LogP contribution in [0.4, 0.5) is 5.13 Å². The molecule has 0 aliphatic heterocycles. The standard InChI is InChI=1S/C10H8N4S.C6H12/c1-12-10-14-13-9(15-10)8-4-2-7(6-11)3-5-8;1-2-4-6-5-3-1/h2-5H,1H3,(H,12,14);1-6H2. The van der Waals surface area contributed by atoms with Crippen LogP contribution in [0.25, 0.3) is 10.6 Å². The average molecular weight is 300 g/mol. The molecule has 110 valence electrons. The normalized spacial score (nSPS) is 13.7. The Hall–Kier alpha value is -1.93. The summed E-state index contributed by atoms with van der Waals surface area (Å²) in [6.45, 7) is 0. The van der Waals surface area contributed by atoms with Crippen LogP contribution >= 0.6 is 11.3 Å². The van der Waals surface area contributed by atoms with Gasteiger partial charge in [-0.1, -0.05) is 62.0 Å². The van der Waals surface area contributed by atoms with E-state index in [4.69, 9.17) is 5.26 Å². The molecule has 2 aromatic rings. The van der Waals surface area contributed by atoms with E-state index in [0.29, 0.717) is 5.56 Å². The zero-order valence-electron chi connectivity index (χ0n) is 12.3. The minimum atomic E-state index is 0.650. The zero-order valence-corrected chi connectivity index (χ0v) is 13.1. The minimum absolute atomic E-state index is 0.650. The lowest BCUT2D eigenvalue weighted by Crippen LogP contribution is -1.85. The molecular weight excluding hydrogens is 280 g/mol. The maximum Gasteiger partial charge on any atom is 0.205 e. The maximum absolute atomic E-state index is 8.66. The lowest BCUT2D eigenvalue weighted by Gasteiger charge is -2.05. The summed E-state index contributed by atoms with van der Waals surface area (Å²) in [5, 5.41) is 21.2. The fourth-order valence-electron chi connectivity index (χ4n) is 2.19. The molecule has 1 fully saturated rings. The number of hydrogen-bond acceptors (Lipinski definition) is 5. The van der Waals surface area contributed by atoms with E-state index in [1.54, 1.807) is 12.1 Å². The monoisotopic (exact) mass is 300 g/mol. The lowest BCUT2D eigenvalue weighted by atomic mass is 10.0. The van der Waals surface area contributed by atoms with Gasteiger partial charge in [-0.25, -0.2) is 0 Å². The Morgan fingerprint density at radius 1 is 1.00 bits per heavy atom. The van der Waals surface area contributed by atoms with Crippen molar-refractivity contribution < 1.29 is 0 Å². The third kappa shape index (κ3) is 4.83. The van der Waals surface area contributed by atoms with Crippen molar-refractivity contribution in [3.05, 3.63) is 29.8 Å². The number of nitriles is 1. The van der Waals surface area contributed by atoms with Gasteiger partial charge in [0.05, 0.1) is 11.6 Å². The average Bonchev–Trinajstić information content (AvgIpc) is 3.06. The number of nitrogens with one attached hydrogen (secondary N) is 1. The first-order valence-electron chi connectivity index (χ1n) is 7.35. The fourth-order valence-corrected chi connectivity index (χ4v) is 2.89. The molecule has 0 unspecified atom stereocenters. The van der Waals surface area contributed by atoms with Crippen molar-refractivity contribution in [3.63, 3.8) is 0 Å². The van der Waals surface area contributed by atoms with Crippen molar-refractivity contribution in [2.45, 2.75) is 38.5 Å². The number of anilines is 1. The van der Waals surface area contributed by atoms with Crippen LogP contribution in [0, 0.1) is 11.3 Å². The molecular formula is C16H20N4S. The summed E-state index contributed by atoms with van der Waals surface area (Å²) in [6.07, 6.45) is 9.00. The topological polar surface area (TPSA) is 61.6 Å². The quantitative estimate of drug-likeness (QED) is 0.889. The Morgan fingerprint density at radius 2 is 1.57 bits per heavy atom. The van der Waals surface area contributed by atoms with Gasteiger partial charge >= 0.3 is 0 Å². The van der Waals surface area contributed by atoms with Gasteiger partial charge in [0.1, 0.15) is 5.01 Å². The van der Waals surface area contributed by atoms with Crippen molar-refractivity contribution >= 4 is 16.5 Å². The smallest absolute Gasteiger partial charge is 0.205 e. The SMILES string of the molecule is C1CCCCC1.CNc1nnc(-c2ccc(C#N)cc2)s1. The Labute approximate surface area is 129 Å². The summed E-state index contributed by atoms with van der Waals surface area (Å²) in [6, 6.07) is 9.37. The van der Waals surface area contributed by atoms with E-state index in [1.165, 1.54) is 49.9 Å². The Morgan fingerprint density at radius 3 is 2.00 bits per heavy atom. The second-order valence-corrected chi connectivity index (χ2v) is 5.95. The Bertz CT molecular complexity index is 568. The van der Waals surface area contributed by atoms with Crippen LogP contribution in [0.5, 0.6) is 0 Å². The third-order valence-electron chi connectivity index (χ3n) is 3.40. The molecule has 0 amide bonds. The van der Waals surface area contributed by atoms with Crippen molar-refractivity contribution in [2.75, 3.05) is 12.4 Å². The first-order chi connectivity index (χ1) is 10.3. The highest BCUT2D eigenvalue weighted by Gasteiger charge is 2.04. The van der Waals surface area contributed by atoms with Gasteiger partial charge in [0, 0.05) is 12.6 Å². The molecule has 1 aliphatic rings. The van der Waals surface area contributed by atoms with Crippen LogP contribution in [-0.2, 0) is 0 Å². The molecule has 0 saturated heterocycles. The Balaban J connectivity index is 0.000000225. The summed E-state index contributed by atoms with van der Waals surface area (Å²) in [5.74, 6) is 0. The molecule has 0 radical (unpaired) electrons. The fraction of sp³-hybridized carbons (Fsp3) is 0.438. The minimum Gasteiger partial charge on any atom is -0.363 e. The van der Waals surface area contributed by atoms with Crippen LogP contribution in [0.3, 0.4) is 0 Å². The van der Waals surface area contributed by atoms with Crippen molar-refractivity contribution in [1.82, 2.24) is 10.2 Å². The molecule has 1 aromatic carbocycles. The second kappa shape index (κ2) is 8.38. The van der Waals surface area contributed by atoms with E-state index in [9.17, 15) is 0 Å². The second-order valence-electron chi connectivity index (χ2n) is 4.97. The summed E-state index contributed by atoms with van der Waals surface area (Å²) in [5.41, 5.74) is 1.63. The van der Waals surface area contributed by atoms with Gasteiger partial charge in [-0.15, -0.1) is 10.2 Å². The maximum atomic E-state index is 8.66. The van der Waals surface area contributed by atoms with Crippen molar-refractivity contribution in [1.29, 1.82) is 5.26 Å². The highest BCUT2D eigenvalue weighted by molar-refractivity contribution is 7.18. The molecule has 1 aromatic heterocycles. The highest BCUT2D eigenvalue weighted by Crippen LogP contribution is 2.25. The van der Waals surface area contributed by atoms with Crippen LogP contribution in [-0.4, -0.2) is 17.2 Å². The number of benzene rings is 1. The zero-order chi connectivity index (χ0) is 14.9. The molecule has 0 spiro atoms. The van der Waals surface area contributed by atoms with Gasteiger partial charge in [0.15, 0.2) is 0 Å². The van der Waals surface area contributed by atoms with Gasteiger partial charge < -0.3 is 5.32 Å². The van der Waals surface area contributed by atoms with Gasteiger partial charge in [0.2, 0.25) is 5.13 Å². The number of rotatable bonds is 2. The van der Waals surface area contributed by atoms with E-state index in [1.807, 2.05) is 19.2 Å². The molecule has 0 bridgehead atoms. The molecule has 1 N–H and O–H groups in total. The van der Waals surface area contributed by atoms with Gasteiger partial charge in [0.25, 0.3) is 0 Å². The van der Waals surface area contributed by atoms with E-state index >= 15 is 0 Å². The van der Waals surface area contributed by atoms with Crippen molar-refractivity contribution in [2.24, 2.45) is 0 Å². The van der Waals surface area contributed by atoms with Gasteiger partial charge in [-0.2, -0.15) is 5.26 Å². The Kier molecular flexibility index (Phi) is 6.17. The van der Waals surface area contributed by atoms with Gasteiger partial charge in [-0.3, -0.25) is 0 Å². The van der Waals surface area contributed by atoms with E-state index in [2.05, 4.69) is 21.6 Å². The molecule has 21 heavy (non-hydrogen) atoms. The van der Waals surface area contributed by atoms with E-state index < -0.39 is 0 Å². The van der Waals surface area contributed by atoms with Crippen LogP contribution in [0.15, 0.2) is 24.3 Å². The largest absolute Gasteiger partial charge is 0.363 e. The van der Waals surface area contributed by atoms with Crippen molar-refractivity contribution in [3.8, 4) is 16.6 Å². The number of hydrogen-bond donors (Lipinski definition) is 1. The first-order valence-corrected chi connectivity index (χ1v) is 8.17. The predicted octanol–water partition coefficient (Wildman–Crippen LogP) is 4.46. The summed E-state index contributed by atoms with van der Waals surface area (Å²) >= 11 is 1.48. The molecule has 0 atom stereocenters. The first kappa shape index (κ1) is 15.5. The highest BCUT2D eigenvalue weighted by atomic mass is 32.1. The third-order valence-corrected chi connectivity index (χ3v) is 4.39. The summed E-state index contributed by atoms with van der Waals surface area (Å²) in [7, 11) is 1.81. The van der Waals surface area contributed by atoms with E-state index in [-0.39, 0.29) is 0 Å². The van der Waals surface area contributed by atoms with Crippen LogP contribution in [0.1, 0.15) is 44.1 Å². The molecule has 3 rings (SSSR count). The van der Waals surface area contributed by atoms with Crippen LogP contribution in [0.2, 0.25) is 0 Å². The van der Waals surface area contributed by atoms with Crippen LogP contribution < -0.4 is 5.32 Å². The molecule has 1 saturated carbocycles. The van der Waals surface area contributed by atoms with E-state index in [0.717, 1.165) is 15.7 Å². The summed E-state index contributed by atoms with van der Waals surface area (Å²) in [4.78, 5) is 0. The molecule has 4 nitrogen and oxygen atoms in total. The van der Waals surface area contributed by atoms with Gasteiger partial charge in [-0.05, 0) is 12.1 Å². The summed E-state index contributed by atoms with van der Waals surface area (Å²) < 4.78 is 0. The number of aromatic nitrogens is 2.